The normalized spacial score (nSPS) is 15.0. The molecule has 1 heterocycles. The zero-order valence-corrected chi connectivity index (χ0v) is 11.3. The molecule has 0 spiro atoms. The Kier molecular flexibility index (Phi) is 3.33. The monoisotopic (exact) mass is 315 g/mol. The highest BCUT2D eigenvalue weighted by Gasteiger charge is 2.43. The van der Waals surface area contributed by atoms with Crippen LogP contribution in [0.25, 0.3) is 0 Å². The number of hydrogen-bond acceptors (Lipinski definition) is 3. The number of fused-ring (bicyclic) bond motifs is 1. The van der Waals surface area contributed by atoms with Crippen LogP contribution >= 0.6 is 11.6 Å². The third-order valence-electron chi connectivity index (χ3n) is 2.88. The van der Waals surface area contributed by atoms with Crippen LogP contribution in [0.3, 0.4) is 0 Å². The van der Waals surface area contributed by atoms with E-state index in [0.29, 0.717) is 17.8 Å². The number of ether oxygens (including phenoxy) is 2. The summed E-state index contributed by atoms with van der Waals surface area (Å²) in [7, 11) is 0. The number of alkyl halides is 2. The van der Waals surface area contributed by atoms with Gasteiger partial charge in [0, 0.05) is 18.3 Å². The average molecular weight is 316 g/mol. The van der Waals surface area contributed by atoms with Gasteiger partial charge in [-0.2, -0.15) is 0 Å². The summed E-state index contributed by atoms with van der Waals surface area (Å²) in [5.41, 5.74) is 1.21. The molecule has 7 heteroatoms. The van der Waals surface area contributed by atoms with Gasteiger partial charge in [-0.1, -0.05) is 17.7 Å². The Hall–Kier alpha value is -2.08. The number of hydrogen-bond donors (Lipinski definition) is 1. The quantitative estimate of drug-likeness (QED) is 0.910. The van der Waals surface area contributed by atoms with Gasteiger partial charge in [-0.15, -0.1) is 8.78 Å². The number of halogens is 4. The van der Waals surface area contributed by atoms with E-state index >= 15 is 0 Å². The molecule has 0 amide bonds. The summed E-state index contributed by atoms with van der Waals surface area (Å²) in [4.78, 5) is 0. The van der Waals surface area contributed by atoms with Gasteiger partial charge in [-0.3, -0.25) is 0 Å². The Morgan fingerprint density at radius 1 is 1.05 bits per heavy atom. The van der Waals surface area contributed by atoms with Crippen LogP contribution in [-0.4, -0.2) is 6.29 Å². The van der Waals surface area contributed by atoms with Crippen molar-refractivity contribution < 1.29 is 22.6 Å². The van der Waals surface area contributed by atoms with Gasteiger partial charge >= 0.3 is 6.29 Å². The number of rotatable bonds is 3. The minimum Gasteiger partial charge on any atom is -0.395 e. The van der Waals surface area contributed by atoms with Gasteiger partial charge in [0.05, 0.1) is 5.02 Å². The predicted octanol–water partition coefficient (Wildman–Crippen LogP) is 4.41. The third kappa shape index (κ3) is 3.00. The van der Waals surface area contributed by atoms with E-state index in [-0.39, 0.29) is 16.5 Å². The summed E-state index contributed by atoms with van der Waals surface area (Å²) in [6, 6.07) is 8.75. The summed E-state index contributed by atoms with van der Waals surface area (Å²) >= 11 is 5.59. The highest BCUT2D eigenvalue weighted by molar-refractivity contribution is 6.30. The van der Waals surface area contributed by atoms with Gasteiger partial charge in [-0.25, -0.2) is 4.39 Å². The topological polar surface area (TPSA) is 30.5 Å². The summed E-state index contributed by atoms with van der Waals surface area (Å²) in [5, 5.41) is 3.02. The largest absolute Gasteiger partial charge is 0.586 e. The fourth-order valence-electron chi connectivity index (χ4n) is 1.91. The minimum atomic E-state index is -3.64. The summed E-state index contributed by atoms with van der Waals surface area (Å²) < 4.78 is 47.7. The van der Waals surface area contributed by atoms with Gasteiger partial charge < -0.3 is 14.8 Å². The van der Waals surface area contributed by atoms with E-state index in [0.717, 1.165) is 0 Å². The van der Waals surface area contributed by atoms with Crippen LogP contribution in [0.2, 0.25) is 5.02 Å². The second-order valence-electron chi connectivity index (χ2n) is 4.43. The van der Waals surface area contributed by atoms with Crippen molar-refractivity contribution in [1.82, 2.24) is 0 Å². The lowest BCUT2D eigenvalue weighted by molar-refractivity contribution is -0.286. The summed E-state index contributed by atoms with van der Waals surface area (Å²) in [6.07, 6.45) is -3.64. The fraction of sp³-hybridized carbons (Fsp3) is 0.143. The SMILES string of the molecule is Fc1cc(CNc2ccc3c(c2)OC(F)(F)O3)ccc1Cl. The van der Waals surface area contributed by atoms with Crippen molar-refractivity contribution >= 4 is 17.3 Å². The van der Waals surface area contributed by atoms with Crippen LogP contribution < -0.4 is 14.8 Å². The Morgan fingerprint density at radius 2 is 1.81 bits per heavy atom. The Labute approximate surface area is 123 Å². The molecule has 3 rings (SSSR count). The van der Waals surface area contributed by atoms with Gasteiger partial charge in [0.1, 0.15) is 5.82 Å². The summed E-state index contributed by atoms with van der Waals surface area (Å²) in [6.45, 7) is 0.310. The molecule has 0 atom stereocenters. The second kappa shape index (κ2) is 5.04. The lowest BCUT2D eigenvalue weighted by Gasteiger charge is -2.07. The van der Waals surface area contributed by atoms with E-state index in [2.05, 4.69) is 14.8 Å². The Balaban J connectivity index is 1.71. The molecular weight excluding hydrogens is 307 g/mol. The van der Waals surface area contributed by atoms with Crippen molar-refractivity contribution in [3.8, 4) is 11.5 Å². The van der Waals surface area contributed by atoms with E-state index in [9.17, 15) is 13.2 Å². The van der Waals surface area contributed by atoms with Crippen molar-refractivity contribution in [2.75, 3.05) is 5.32 Å². The molecule has 1 aliphatic heterocycles. The van der Waals surface area contributed by atoms with Crippen molar-refractivity contribution in [3.63, 3.8) is 0 Å². The number of benzene rings is 2. The van der Waals surface area contributed by atoms with Crippen LogP contribution in [0.5, 0.6) is 11.5 Å². The number of anilines is 1. The smallest absolute Gasteiger partial charge is 0.395 e. The Bertz CT molecular complexity index is 694. The third-order valence-corrected chi connectivity index (χ3v) is 3.19. The zero-order valence-electron chi connectivity index (χ0n) is 10.5. The zero-order chi connectivity index (χ0) is 15.0. The van der Waals surface area contributed by atoms with Crippen LogP contribution in [-0.2, 0) is 6.54 Å². The number of nitrogens with one attached hydrogen (secondary N) is 1. The van der Waals surface area contributed by atoms with E-state index in [1.165, 1.54) is 24.3 Å². The maximum Gasteiger partial charge on any atom is 0.586 e. The first-order chi connectivity index (χ1) is 9.93. The van der Waals surface area contributed by atoms with Crippen LogP contribution in [0, 0.1) is 5.82 Å². The second-order valence-corrected chi connectivity index (χ2v) is 4.84. The molecule has 1 aliphatic rings. The van der Waals surface area contributed by atoms with E-state index in [4.69, 9.17) is 11.6 Å². The summed E-state index contributed by atoms with van der Waals surface area (Å²) in [5.74, 6) is -0.586. The molecule has 0 saturated heterocycles. The van der Waals surface area contributed by atoms with Gasteiger partial charge in [-0.05, 0) is 29.8 Å². The molecule has 0 unspecified atom stereocenters. The molecule has 2 aromatic rings. The van der Waals surface area contributed by atoms with Crippen molar-refractivity contribution in [1.29, 1.82) is 0 Å². The van der Waals surface area contributed by atoms with E-state index < -0.39 is 12.1 Å². The molecule has 2 aromatic carbocycles. The average Bonchev–Trinajstić information content (AvgIpc) is 2.73. The van der Waals surface area contributed by atoms with Crippen molar-refractivity contribution in [3.05, 3.63) is 52.8 Å². The van der Waals surface area contributed by atoms with Crippen molar-refractivity contribution in [2.45, 2.75) is 12.8 Å². The molecule has 0 saturated carbocycles. The first kappa shape index (κ1) is 13.9. The lowest BCUT2D eigenvalue weighted by Crippen LogP contribution is -2.25. The highest BCUT2D eigenvalue weighted by Crippen LogP contribution is 2.42. The van der Waals surface area contributed by atoms with Crippen molar-refractivity contribution in [2.24, 2.45) is 0 Å². The molecule has 0 bridgehead atoms. The molecule has 0 radical (unpaired) electrons. The first-order valence-electron chi connectivity index (χ1n) is 6.01. The predicted molar refractivity (Wildman–Crippen MR) is 71.4 cm³/mol. The lowest BCUT2D eigenvalue weighted by atomic mass is 10.2. The first-order valence-corrected chi connectivity index (χ1v) is 6.38. The minimum absolute atomic E-state index is 0.0249. The molecular formula is C14H9ClF3NO2. The van der Waals surface area contributed by atoms with E-state index in [1.54, 1.807) is 12.1 Å². The standard InChI is InChI=1S/C14H9ClF3NO2/c15-10-3-1-8(5-11(10)16)7-19-9-2-4-12-13(6-9)21-14(17,18)20-12/h1-6,19H,7H2. The van der Waals surface area contributed by atoms with Gasteiger partial charge in [0.2, 0.25) is 0 Å². The van der Waals surface area contributed by atoms with Crippen LogP contribution in [0.1, 0.15) is 5.56 Å². The van der Waals surface area contributed by atoms with Crippen LogP contribution in [0.4, 0.5) is 18.9 Å². The molecule has 110 valence electrons. The maximum absolute atomic E-state index is 13.3. The molecule has 0 fully saturated rings. The molecule has 0 aliphatic carbocycles. The van der Waals surface area contributed by atoms with Crippen LogP contribution in [0.15, 0.2) is 36.4 Å². The maximum atomic E-state index is 13.3. The van der Waals surface area contributed by atoms with Gasteiger partial charge in [0.15, 0.2) is 11.5 Å². The van der Waals surface area contributed by atoms with Gasteiger partial charge in [0.25, 0.3) is 0 Å². The molecule has 0 aromatic heterocycles. The van der Waals surface area contributed by atoms with E-state index in [1.807, 2.05) is 0 Å². The Morgan fingerprint density at radius 3 is 2.57 bits per heavy atom. The molecule has 21 heavy (non-hydrogen) atoms. The molecule has 1 N–H and O–H groups in total. The molecule has 3 nitrogen and oxygen atoms in total. The highest BCUT2D eigenvalue weighted by atomic mass is 35.5. The fourth-order valence-corrected chi connectivity index (χ4v) is 2.03.